The Bertz CT molecular complexity index is 1220. The number of nitrogens with two attached hydrogens (primary N) is 1. The Labute approximate surface area is 189 Å². The van der Waals surface area contributed by atoms with E-state index in [1.54, 1.807) is 25.1 Å². The van der Waals surface area contributed by atoms with Gasteiger partial charge in [0.25, 0.3) is 0 Å². The van der Waals surface area contributed by atoms with Crippen molar-refractivity contribution in [2.75, 3.05) is 6.54 Å². The normalized spacial score (nSPS) is 19.5. The van der Waals surface area contributed by atoms with Gasteiger partial charge in [0.05, 0.1) is 0 Å². The lowest BCUT2D eigenvalue weighted by Crippen LogP contribution is -2.38. The molecule has 0 saturated heterocycles. The number of primary amides is 1. The van der Waals surface area contributed by atoms with Crippen LogP contribution in [-0.4, -0.2) is 26.5 Å². The van der Waals surface area contributed by atoms with Gasteiger partial charge in [-0.3, -0.25) is 4.79 Å². The Morgan fingerprint density at radius 3 is 2.53 bits per heavy atom. The van der Waals surface area contributed by atoms with Gasteiger partial charge in [-0.25, -0.2) is 0 Å². The second-order valence-corrected chi connectivity index (χ2v) is 10.8. The second-order valence-electron chi connectivity index (χ2n) is 9.27. The van der Waals surface area contributed by atoms with Crippen LogP contribution in [0, 0.1) is 20.8 Å². The molecule has 0 radical (unpaired) electrons. The van der Waals surface area contributed by atoms with Gasteiger partial charge in [-0.1, -0.05) is 12.1 Å². The van der Waals surface area contributed by atoms with E-state index >= 15 is 0 Å². The molecule has 0 saturated carbocycles. The maximum absolute atomic E-state index is 13.5. The maximum Gasteiger partial charge on any atom is 0.339 e. The lowest BCUT2D eigenvalue weighted by molar-refractivity contribution is -0.120. The lowest BCUT2D eigenvalue weighted by Gasteiger charge is -2.35. The van der Waals surface area contributed by atoms with Crippen LogP contribution >= 0.6 is 0 Å². The predicted octanol–water partition coefficient (Wildman–Crippen LogP) is 3.16. The third kappa shape index (κ3) is 3.75. The highest BCUT2D eigenvalue weighted by molar-refractivity contribution is 7.87. The summed E-state index contributed by atoms with van der Waals surface area (Å²) in [6.45, 7) is 10.1. The molecule has 8 heteroatoms. The molecule has 2 aromatic rings. The predicted molar refractivity (Wildman–Crippen MR) is 122 cm³/mol. The molecule has 1 unspecified atom stereocenters. The summed E-state index contributed by atoms with van der Waals surface area (Å²) in [5.74, 6) is 0.510. The molecule has 7 nitrogen and oxygen atoms in total. The monoisotopic (exact) mass is 458 g/mol. The van der Waals surface area contributed by atoms with Crippen LogP contribution in [0.4, 0.5) is 0 Å². The van der Waals surface area contributed by atoms with Crippen molar-refractivity contribution in [3.63, 3.8) is 0 Å². The van der Waals surface area contributed by atoms with Gasteiger partial charge in [0.1, 0.15) is 28.0 Å². The van der Waals surface area contributed by atoms with E-state index in [1.807, 2.05) is 27.7 Å². The van der Waals surface area contributed by atoms with Crippen LogP contribution in [0.3, 0.4) is 0 Å². The number of rotatable bonds is 4. The SMILES string of the molecule is Cc1c(C)c(S(=O)(=O)Oc2cccc3c2CCNC3C(N)=O)c(C)c2c1OC(C)(C)CC2. The van der Waals surface area contributed by atoms with E-state index in [-0.39, 0.29) is 16.2 Å². The molecular weight excluding hydrogens is 428 g/mol. The Kier molecular flexibility index (Phi) is 5.49. The van der Waals surface area contributed by atoms with Crippen molar-refractivity contribution < 1.29 is 22.1 Å². The van der Waals surface area contributed by atoms with E-state index in [2.05, 4.69) is 5.32 Å². The molecule has 2 aromatic carbocycles. The second kappa shape index (κ2) is 7.78. The average Bonchev–Trinajstić information content (AvgIpc) is 2.70. The fourth-order valence-corrected chi connectivity index (χ4v) is 6.29. The van der Waals surface area contributed by atoms with Crippen LogP contribution in [0.2, 0.25) is 0 Å². The Morgan fingerprint density at radius 2 is 1.84 bits per heavy atom. The summed E-state index contributed by atoms with van der Waals surface area (Å²) >= 11 is 0. The lowest BCUT2D eigenvalue weighted by atomic mass is 9.88. The third-order valence-corrected chi connectivity index (χ3v) is 8.12. The number of benzene rings is 2. The van der Waals surface area contributed by atoms with E-state index in [4.69, 9.17) is 14.7 Å². The van der Waals surface area contributed by atoms with Gasteiger partial charge in [0.15, 0.2) is 0 Å². The smallest absolute Gasteiger partial charge is 0.339 e. The molecule has 32 heavy (non-hydrogen) atoms. The molecule has 2 heterocycles. The molecule has 1 amide bonds. The first-order chi connectivity index (χ1) is 14.9. The maximum atomic E-state index is 13.5. The zero-order chi connectivity index (χ0) is 23.4. The first-order valence-corrected chi connectivity index (χ1v) is 12.2. The highest BCUT2D eigenvalue weighted by Crippen LogP contribution is 2.43. The molecule has 1 atom stereocenters. The van der Waals surface area contributed by atoms with Gasteiger partial charge in [-0.2, -0.15) is 8.42 Å². The fraction of sp³-hybridized carbons (Fsp3) is 0.458. The van der Waals surface area contributed by atoms with Crippen LogP contribution in [0.25, 0.3) is 0 Å². The summed E-state index contributed by atoms with van der Waals surface area (Å²) in [6.07, 6.45) is 2.08. The molecule has 172 valence electrons. The summed E-state index contributed by atoms with van der Waals surface area (Å²) in [6, 6.07) is 4.41. The number of nitrogens with one attached hydrogen (secondary N) is 1. The molecule has 0 bridgehead atoms. The molecule has 2 aliphatic heterocycles. The first kappa shape index (κ1) is 22.6. The number of ether oxygens (including phenoxy) is 1. The molecule has 0 aromatic heterocycles. The van der Waals surface area contributed by atoms with Crippen LogP contribution < -0.4 is 20.0 Å². The van der Waals surface area contributed by atoms with Crippen LogP contribution in [-0.2, 0) is 27.8 Å². The van der Waals surface area contributed by atoms with Crippen molar-refractivity contribution in [3.05, 3.63) is 51.6 Å². The van der Waals surface area contributed by atoms with Crippen LogP contribution in [0.1, 0.15) is 59.7 Å². The van der Waals surface area contributed by atoms with E-state index in [1.165, 1.54) is 0 Å². The zero-order valence-corrected chi connectivity index (χ0v) is 20.0. The van der Waals surface area contributed by atoms with Crippen LogP contribution in [0.5, 0.6) is 11.5 Å². The minimum absolute atomic E-state index is 0.190. The topological polar surface area (TPSA) is 108 Å². The summed E-state index contributed by atoms with van der Waals surface area (Å²) in [4.78, 5) is 12.0. The quantitative estimate of drug-likeness (QED) is 0.682. The molecule has 0 fully saturated rings. The largest absolute Gasteiger partial charge is 0.487 e. The summed E-state index contributed by atoms with van der Waals surface area (Å²) in [5, 5.41) is 3.07. The van der Waals surface area contributed by atoms with E-state index in [9.17, 15) is 13.2 Å². The number of amides is 1. The number of carbonyl (C=O) groups excluding carboxylic acids is 1. The van der Waals surface area contributed by atoms with Crippen LogP contribution in [0.15, 0.2) is 23.1 Å². The number of hydrogen-bond acceptors (Lipinski definition) is 6. The molecule has 0 aliphatic carbocycles. The molecule has 0 spiro atoms. The average molecular weight is 459 g/mol. The Hall–Kier alpha value is -2.58. The van der Waals surface area contributed by atoms with E-state index in [0.29, 0.717) is 35.2 Å². The Balaban J connectivity index is 1.79. The first-order valence-electron chi connectivity index (χ1n) is 10.8. The van der Waals surface area contributed by atoms with Gasteiger partial charge in [0.2, 0.25) is 5.91 Å². The summed E-state index contributed by atoms with van der Waals surface area (Å²) in [5.41, 5.74) is 9.60. The highest BCUT2D eigenvalue weighted by atomic mass is 32.2. The minimum atomic E-state index is -4.12. The van der Waals surface area contributed by atoms with Crippen molar-refractivity contribution >= 4 is 16.0 Å². The van der Waals surface area contributed by atoms with Crippen molar-refractivity contribution in [1.82, 2.24) is 5.32 Å². The summed E-state index contributed by atoms with van der Waals surface area (Å²) in [7, 11) is -4.12. The number of carbonyl (C=O) groups is 1. The molecule has 2 aliphatic rings. The van der Waals surface area contributed by atoms with E-state index < -0.39 is 22.1 Å². The Morgan fingerprint density at radius 1 is 1.12 bits per heavy atom. The zero-order valence-electron chi connectivity index (χ0n) is 19.2. The van der Waals surface area contributed by atoms with Gasteiger partial charge in [-0.05, 0) is 87.8 Å². The van der Waals surface area contributed by atoms with E-state index in [0.717, 1.165) is 29.7 Å². The summed E-state index contributed by atoms with van der Waals surface area (Å²) < 4.78 is 39.0. The number of fused-ring (bicyclic) bond motifs is 2. The van der Waals surface area contributed by atoms with Gasteiger partial charge in [-0.15, -0.1) is 0 Å². The highest BCUT2D eigenvalue weighted by Gasteiger charge is 2.35. The fourth-order valence-electron chi connectivity index (χ4n) is 4.79. The standard InChI is InChI=1S/C24H30N2O5S/c1-13-14(2)22(15(3)16-9-11-24(4,5)30-21(13)16)32(28,29)31-19-8-6-7-18-17(19)10-12-26-20(18)23(25)27/h6-8,20,26H,9-12H2,1-5H3,(H2,25,27). The van der Waals surface area contributed by atoms with Crippen molar-refractivity contribution in [3.8, 4) is 11.5 Å². The van der Waals surface area contributed by atoms with Crippen molar-refractivity contribution in [1.29, 1.82) is 0 Å². The van der Waals surface area contributed by atoms with Crippen molar-refractivity contribution in [2.45, 2.75) is 70.4 Å². The van der Waals surface area contributed by atoms with Gasteiger partial charge >= 0.3 is 10.1 Å². The molecular formula is C24H30N2O5S. The molecule has 3 N–H and O–H groups in total. The van der Waals surface area contributed by atoms with Gasteiger partial charge < -0.3 is 20.0 Å². The minimum Gasteiger partial charge on any atom is -0.487 e. The molecule has 4 rings (SSSR count). The van der Waals surface area contributed by atoms with Crippen molar-refractivity contribution in [2.24, 2.45) is 5.73 Å². The van der Waals surface area contributed by atoms with Gasteiger partial charge in [0, 0.05) is 12.1 Å². The third-order valence-electron chi connectivity index (χ3n) is 6.60. The number of hydrogen-bond donors (Lipinski definition) is 2.